The molecule has 0 saturated heterocycles. The smallest absolute Gasteiger partial charge is 0.116 e. The lowest BCUT2D eigenvalue weighted by Crippen LogP contribution is -2.29. The largest absolute Gasteiger partial charge is 0.325 e. The summed E-state index contributed by atoms with van der Waals surface area (Å²) in [6.45, 7) is 18.2. The van der Waals surface area contributed by atoms with E-state index < -0.39 is 0 Å². The van der Waals surface area contributed by atoms with Gasteiger partial charge in [-0.3, -0.25) is 0 Å². The quantitative estimate of drug-likeness (QED) is 0.643. The van der Waals surface area contributed by atoms with Gasteiger partial charge < -0.3 is 9.80 Å². The molecular weight excluding hydrogens is 360 g/mol. The molecule has 0 N–H and O–H groups in total. The van der Waals surface area contributed by atoms with Gasteiger partial charge in [-0.1, -0.05) is 55.4 Å². The lowest BCUT2D eigenvalue weighted by atomic mass is 10.0. The van der Waals surface area contributed by atoms with Crippen LogP contribution < -0.4 is 9.80 Å². The molecule has 0 aromatic carbocycles. The van der Waals surface area contributed by atoms with Crippen molar-refractivity contribution < 1.29 is 0 Å². The predicted molar refractivity (Wildman–Crippen MR) is 119 cm³/mol. The van der Waals surface area contributed by atoms with Crippen molar-refractivity contribution in [2.24, 2.45) is 0 Å². The number of anilines is 2. The Balaban J connectivity index is 2.05. The van der Waals surface area contributed by atoms with Crippen LogP contribution in [0.15, 0.2) is 25.1 Å². The Bertz CT molecular complexity index is 761. The summed E-state index contributed by atoms with van der Waals surface area (Å²) in [6, 6.07) is 0. The van der Waals surface area contributed by atoms with Gasteiger partial charge >= 0.3 is 0 Å². The van der Waals surface area contributed by atoms with Gasteiger partial charge in [0, 0.05) is 12.4 Å². The first-order chi connectivity index (χ1) is 13.7. The Morgan fingerprint density at radius 1 is 0.552 bits per heavy atom. The maximum atomic E-state index is 4.63. The predicted octanol–water partition coefficient (Wildman–Crippen LogP) is 5.52. The maximum Gasteiger partial charge on any atom is 0.116 e. The second-order valence-corrected chi connectivity index (χ2v) is 8.98. The van der Waals surface area contributed by atoms with Gasteiger partial charge in [0.15, 0.2) is 0 Å². The third kappa shape index (κ3) is 4.11. The average molecular weight is 395 g/mol. The van der Waals surface area contributed by atoms with Crippen molar-refractivity contribution in [3.63, 3.8) is 0 Å². The fourth-order valence-corrected chi connectivity index (χ4v) is 3.80. The average Bonchev–Trinajstić information content (AvgIpc) is 3.15. The first kappa shape index (κ1) is 21.2. The lowest BCUT2D eigenvalue weighted by molar-refractivity contribution is 0.743. The Hall–Kier alpha value is -2.50. The lowest BCUT2D eigenvalue weighted by Gasteiger charge is -2.29. The van der Waals surface area contributed by atoms with Crippen molar-refractivity contribution >= 4 is 11.4 Å². The molecule has 156 valence electrons. The van der Waals surface area contributed by atoms with Gasteiger partial charge in [0.25, 0.3) is 0 Å². The van der Waals surface area contributed by atoms with E-state index in [1.165, 1.54) is 0 Å². The van der Waals surface area contributed by atoms with Crippen LogP contribution in [-0.4, -0.2) is 26.6 Å². The molecule has 0 spiro atoms. The van der Waals surface area contributed by atoms with E-state index >= 15 is 0 Å². The molecular formula is C23H34N6. The third-order valence-electron chi connectivity index (χ3n) is 5.25. The molecule has 0 amide bonds. The highest BCUT2D eigenvalue weighted by Gasteiger charge is 2.28. The Morgan fingerprint density at radius 3 is 1.07 bits per heavy atom. The molecule has 2 aromatic heterocycles. The van der Waals surface area contributed by atoms with E-state index in [1.807, 2.05) is 0 Å². The molecule has 0 aliphatic carbocycles. The van der Waals surface area contributed by atoms with Crippen molar-refractivity contribution in [1.82, 2.24) is 19.9 Å². The molecule has 0 saturated carbocycles. The van der Waals surface area contributed by atoms with Crippen molar-refractivity contribution in [1.29, 1.82) is 0 Å². The van der Waals surface area contributed by atoms with Crippen LogP contribution in [0.1, 0.15) is 102 Å². The minimum atomic E-state index is 0.324. The normalized spacial score (nSPS) is 14.3. The summed E-state index contributed by atoms with van der Waals surface area (Å²) in [7, 11) is 0. The number of aromatic nitrogens is 4. The molecule has 6 heteroatoms. The first-order valence-electron chi connectivity index (χ1n) is 10.6. The number of hydrogen-bond donors (Lipinski definition) is 0. The van der Waals surface area contributed by atoms with Gasteiger partial charge in [0.2, 0.25) is 0 Å². The Labute approximate surface area is 175 Å². The van der Waals surface area contributed by atoms with E-state index in [4.69, 9.17) is 0 Å². The van der Waals surface area contributed by atoms with Crippen molar-refractivity contribution in [2.75, 3.05) is 16.5 Å². The van der Waals surface area contributed by atoms with E-state index in [0.29, 0.717) is 30.3 Å². The zero-order chi connectivity index (χ0) is 21.3. The second-order valence-electron chi connectivity index (χ2n) is 8.98. The molecule has 0 bridgehead atoms. The van der Waals surface area contributed by atoms with Crippen LogP contribution >= 0.6 is 0 Å². The molecule has 3 rings (SSSR count). The molecule has 6 nitrogen and oxygen atoms in total. The number of hydrogen-bond acceptors (Lipinski definition) is 6. The van der Waals surface area contributed by atoms with Crippen LogP contribution in [0.5, 0.6) is 0 Å². The molecule has 1 aliphatic rings. The maximum absolute atomic E-state index is 4.63. The Kier molecular flexibility index (Phi) is 6.20. The molecule has 0 fully saturated rings. The van der Waals surface area contributed by atoms with E-state index in [-0.39, 0.29) is 0 Å². The van der Waals surface area contributed by atoms with E-state index in [0.717, 1.165) is 34.2 Å². The number of nitrogens with zero attached hydrogens (tertiary/aromatic N) is 6. The summed E-state index contributed by atoms with van der Waals surface area (Å²) in [5.74, 6) is 1.30. The monoisotopic (exact) mass is 394 g/mol. The van der Waals surface area contributed by atoms with Crippen molar-refractivity contribution in [3.05, 3.63) is 47.8 Å². The zero-order valence-electron chi connectivity index (χ0n) is 19.0. The van der Waals surface area contributed by atoms with Gasteiger partial charge in [-0.15, -0.1) is 0 Å². The highest BCUT2D eigenvalue weighted by Crippen LogP contribution is 2.38. The summed E-state index contributed by atoms with van der Waals surface area (Å²) < 4.78 is 0. The van der Waals surface area contributed by atoms with E-state index in [1.54, 1.807) is 12.7 Å². The van der Waals surface area contributed by atoms with E-state index in [2.05, 4.69) is 97.5 Å². The molecule has 2 aromatic rings. The minimum Gasteiger partial charge on any atom is -0.325 e. The third-order valence-corrected chi connectivity index (χ3v) is 5.25. The fourth-order valence-electron chi connectivity index (χ4n) is 3.80. The molecule has 3 heterocycles. The van der Waals surface area contributed by atoms with Crippen LogP contribution in [0, 0.1) is 0 Å². The van der Waals surface area contributed by atoms with E-state index in [9.17, 15) is 0 Å². The minimum absolute atomic E-state index is 0.324. The molecule has 0 radical (unpaired) electrons. The molecule has 29 heavy (non-hydrogen) atoms. The summed E-state index contributed by atoms with van der Waals surface area (Å²) in [6.07, 6.45) is 7.67. The zero-order valence-corrected chi connectivity index (χ0v) is 19.0. The van der Waals surface area contributed by atoms with Gasteiger partial charge in [0.1, 0.15) is 12.7 Å². The summed E-state index contributed by atoms with van der Waals surface area (Å²) >= 11 is 0. The van der Waals surface area contributed by atoms with Crippen molar-refractivity contribution in [3.8, 4) is 0 Å². The standard InChI is InChI=1S/C23H34N6/c1-14(2)18-22(19(15(3)4)25-11-24-18)28-9-10-29(13-28)23-20(16(5)6)26-12-27-21(23)17(7)8/h9-12,14-17H,13H2,1-8H3. The molecule has 1 aliphatic heterocycles. The SMILES string of the molecule is CC(C)c1ncnc(C(C)C)c1N1C=CN(c2c(C(C)C)ncnc2C(C)C)C1. The molecule has 0 unspecified atom stereocenters. The highest BCUT2D eigenvalue weighted by atomic mass is 15.4. The van der Waals surface area contributed by atoms with Crippen LogP contribution in [0.3, 0.4) is 0 Å². The first-order valence-corrected chi connectivity index (χ1v) is 10.6. The van der Waals surface area contributed by atoms with Gasteiger partial charge in [0.05, 0.1) is 40.8 Å². The highest BCUT2D eigenvalue weighted by molar-refractivity contribution is 5.66. The number of rotatable bonds is 6. The van der Waals surface area contributed by atoms with Gasteiger partial charge in [-0.25, -0.2) is 19.9 Å². The van der Waals surface area contributed by atoms with Crippen LogP contribution in [0.25, 0.3) is 0 Å². The van der Waals surface area contributed by atoms with Crippen molar-refractivity contribution in [2.45, 2.75) is 79.1 Å². The second kappa shape index (κ2) is 8.47. The van der Waals surface area contributed by atoms with Gasteiger partial charge in [-0.2, -0.15) is 0 Å². The van der Waals surface area contributed by atoms with Crippen LogP contribution in [0.2, 0.25) is 0 Å². The topological polar surface area (TPSA) is 58.0 Å². The molecule has 0 atom stereocenters. The Morgan fingerprint density at radius 2 is 0.828 bits per heavy atom. The van der Waals surface area contributed by atoms with Gasteiger partial charge in [-0.05, 0) is 23.7 Å². The van der Waals surface area contributed by atoms with Crippen LogP contribution in [0.4, 0.5) is 11.4 Å². The summed E-state index contributed by atoms with van der Waals surface area (Å²) in [5, 5.41) is 0. The fraction of sp³-hybridized carbons (Fsp3) is 0.565. The summed E-state index contributed by atoms with van der Waals surface area (Å²) in [5.41, 5.74) is 6.62. The summed E-state index contributed by atoms with van der Waals surface area (Å²) in [4.78, 5) is 23.0. The van der Waals surface area contributed by atoms with Crippen LogP contribution in [-0.2, 0) is 0 Å².